The first-order valence-electron chi connectivity index (χ1n) is 8.78. The number of nitrogens with zero attached hydrogens (tertiary/aromatic N) is 4. The van der Waals surface area contributed by atoms with Gasteiger partial charge in [0.05, 0.1) is 24.3 Å². The number of carbonyl (C=O) groups excluding carboxylic acids is 2. The largest absolute Gasteiger partial charge is 0.426 e. The summed E-state index contributed by atoms with van der Waals surface area (Å²) < 4.78 is 7.04. The fourth-order valence-electron chi connectivity index (χ4n) is 3.42. The number of para-hydroxylation sites is 1. The maximum absolute atomic E-state index is 13.0. The second-order valence-corrected chi connectivity index (χ2v) is 6.82. The number of aromatic nitrogens is 3. The van der Waals surface area contributed by atoms with Crippen LogP contribution in [0, 0.1) is 20.8 Å². The number of hydrogen-bond donors (Lipinski definition) is 0. The molecule has 1 aliphatic heterocycles. The van der Waals surface area contributed by atoms with Gasteiger partial charge in [-0.05, 0) is 38.5 Å². The molecule has 4 rings (SSSR count). The normalized spacial score (nSPS) is 13.1. The van der Waals surface area contributed by atoms with Crippen LogP contribution in [0.4, 0.5) is 0 Å². The van der Waals surface area contributed by atoms with E-state index in [1.54, 1.807) is 29.2 Å². The van der Waals surface area contributed by atoms with Crippen molar-refractivity contribution in [1.82, 2.24) is 19.5 Å². The van der Waals surface area contributed by atoms with E-state index < -0.39 is 5.97 Å². The van der Waals surface area contributed by atoms with Crippen molar-refractivity contribution in [3.63, 3.8) is 0 Å². The molecule has 7 nitrogen and oxygen atoms in total. The number of amides is 1. The number of fused-ring (bicyclic) bond motifs is 3. The lowest BCUT2D eigenvalue weighted by Crippen LogP contribution is -2.26. The van der Waals surface area contributed by atoms with Crippen molar-refractivity contribution in [2.45, 2.75) is 40.8 Å². The molecule has 0 saturated heterocycles. The van der Waals surface area contributed by atoms with Crippen molar-refractivity contribution in [1.29, 1.82) is 0 Å². The minimum atomic E-state index is -0.455. The summed E-state index contributed by atoms with van der Waals surface area (Å²) in [6.45, 7) is 8.20. The van der Waals surface area contributed by atoms with Crippen LogP contribution in [-0.2, 0) is 17.9 Å². The van der Waals surface area contributed by atoms with Crippen LogP contribution in [-0.4, -0.2) is 31.4 Å². The number of hydrogen-bond acceptors (Lipinski definition) is 5. The molecular weight excluding hydrogens is 344 g/mol. The molecule has 0 spiro atoms. The van der Waals surface area contributed by atoms with Crippen LogP contribution >= 0.6 is 0 Å². The molecule has 0 unspecified atom stereocenters. The van der Waals surface area contributed by atoms with E-state index in [2.05, 4.69) is 10.1 Å². The maximum atomic E-state index is 13.0. The molecule has 0 N–H and O–H groups in total. The molecule has 1 aromatic carbocycles. The predicted octanol–water partition coefficient (Wildman–Crippen LogP) is 2.74. The number of aryl methyl sites for hydroxylation is 2. The minimum Gasteiger partial charge on any atom is -0.426 e. The highest BCUT2D eigenvalue weighted by atomic mass is 16.5. The molecule has 1 amide bonds. The van der Waals surface area contributed by atoms with Gasteiger partial charge in [-0.1, -0.05) is 12.1 Å². The van der Waals surface area contributed by atoms with Crippen LogP contribution in [0.5, 0.6) is 5.75 Å². The number of carbonyl (C=O) groups is 2. The standard InChI is InChI=1S/C20H20N4O3/c1-11-12(2)21-19-16-9-23(10-17(16)22-24(19)13(11)3)20(26)15-7-5-6-8-18(15)27-14(4)25/h5-8H,9-10H2,1-4H3. The monoisotopic (exact) mass is 364 g/mol. The van der Waals surface area contributed by atoms with Gasteiger partial charge >= 0.3 is 5.97 Å². The third kappa shape index (κ3) is 2.75. The van der Waals surface area contributed by atoms with Gasteiger partial charge in [0, 0.05) is 23.9 Å². The summed E-state index contributed by atoms with van der Waals surface area (Å²) in [4.78, 5) is 30.7. The van der Waals surface area contributed by atoms with E-state index in [0.717, 1.165) is 33.9 Å². The van der Waals surface area contributed by atoms with E-state index in [-0.39, 0.29) is 11.7 Å². The lowest BCUT2D eigenvalue weighted by molar-refractivity contribution is -0.131. The maximum Gasteiger partial charge on any atom is 0.308 e. The van der Waals surface area contributed by atoms with E-state index in [4.69, 9.17) is 4.74 Å². The Hall–Kier alpha value is -3.22. The molecule has 0 radical (unpaired) electrons. The highest BCUT2D eigenvalue weighted by Crippen LogP contribution is 2.30. The van der Waals surface area contributed by atoms with Gasteiger partial charge in [-0.3, -0.25) is 9.59 Å². The lowest BCUT2D eigenvalue weighted by Gasteiger charge is -2.18. The lowest BCUT2D eigenvalue weighted by atomic mass is 10.1. The molecule has 0 atom stereocenters. The summed E-state index contributed by atoms with van der Waals surface area (Å²) in [5.41, 5.74) is 6.14. The van der Waals surface area contributed by atoms with E-state index in [1.165, 1.54) is 6.92 Å². The second kappa shape index (κ2) is 6.19. The van der Waals surface area contributed by atoms with Crippen molar-refractivity contribution >= 4 is 17.5 Å². The highest BCUT2D eigenvalue weighted by Gasteiger charge is 2.31. The molecule has 138 valence electrons. The summed E-state index contributed by atoms with van der Waals surface area (Å²) in [6.07, 6.45) is 0. The fourth-order valence-corrected chi connectivity index (χ4v) is 3.42. The molecule has 2 aromatic heterocycles. The zero-order valence-electron chi connectivity index (χ0n) is 15.7. The van der Waals surface area contributed by atoms with Crippen molar-refractivity contribution in [3.05, 3.63) is 58.0 Å². The van der Waals surface area contributed by atoms with Crippen LogP contribution in [0.25, 0.3) is 5.65 Å². The third-order valence-electron chi connectivity index (χ3n) is 5.06. The Balaban J connectivity index is 1.68. The number of esters is 1. The smallest absolute Gasteiger partial charge is 0.308 e. The summed E-state index contributed by atoms with van der Waals surface area (Å²) in [7, 11) is 0. The molecule has 0 bridgehead atoms. The summed E-state index contributed by atoms with van der Waals surface area (Å²) in [6, 6.07) is 6.78. The molecule has 0 saturated carbocycles. The molecule has 3 heterocycles. The van der Waals surface area contributed by atoms with E-state index in [1.807, 2.05) is 25.3 Å². The second-order valence-electron chi connectivity index (χ2n) is 6.82. The Kier molecular flexibility index (Phi) is 3.95. The minimum absolute atomic E-state index is 0.191. The summed E-state index contributed by atoms with van der Waals surface area (Å²) >= 11 is 0. The van der Waals surface area contributed by atoms with Crippen molar-refractivity contribution in [3.8, 4) is 5.75 Å². The van der Waals surface area contributed by atoms with Gasteiger partial charge in [0.25, 0.3) is 5.91 Å². The predicted molar refractivity (Wildman–Crippen MR) is 98.5 cm³/mol. The Labute approximate surface area is 156 Å². The van der Waals surface area contributed by atoms with Gasteiger partial charge in [-0.25, -0.2) is 9.50 Å². The van der Waals surface area contributed by atoms with Gasteiger partial charge in [-0.2, -0.15) is 5.10 Å². The van der Waals surface area contributed by atoms with Crippen LogP contribution in [0.15, 0.2) is 24.3 Å². The molecule has 0 fully saturated rings. The first-order chi connectivity index (χ1) is 12.9. The van der Waals surface area contributed by atoms with E-state index in [9.17, 15) is 9.59 Å². The zero-order chi connectivity index (χ0) is 19.3. The van der Waals surface area contributed by atoms with E-state index in [0.29, 0.717) is 18.7 Å². The SMILES string of the molecule is CC(=O)Oc1ccccc1C(=O)N1Cc2nn3c(C)c(C)c(C)nc3c2C1. The quantitative estimate of drug-likeness (QED) is 0.516. The van der Waals surface area contributed by atoms with Crippen molar-refractivity contribution in [2.24, 2.45) is 0 Å². The Morgan fingerprint density at radius 2 is 1.85 bits per heavy atom. The van der Waals surface area contributed by atoms with Crippen LogP contribution < -0.4 is 4.74 Å². The van der Waals surface area contributed by atoms with Crippen molar-refractivity contribution < 1.29 is 14.3 Å². The highest BCUT2D eigenvalue weighted by molar-refractivity contribution is 5.98. The molecule has 7 heteroatoms. The average molecular weight is 364 g/mol. The number of rotatable bonds is 2. The zero-order valence-corrected chi connectivity index (χ0v) is 15.7. The first kappa shape index (κ1) is 17.2. The Morgan fingerprint density at radius 3 is 2.59 bits per heavy atom. The fraction of sp³-hybridized carbons (Fsp3) is 0.300. The Bertz CT molecular complexity index is 1100. The van der Waals surface area contributed by atoms with Gasteiger partial charge in [0.15, 0.2) is 5.65 Å². The average Bonchev–Trinajstić information content (AvgIpc) is 3.18. The molecule has 0 aliphatic carbocycles. The topological polar surface area (TPSA) is 76.8 Å². The Morgan fingerprint density at radius 1 is 1.11 bits per heavy atom. The van der Waals surface area contributed by atoms with Gasteiger partial charge in [0.1, 0.15) is 5.75 Å². The molecule has 3 aromatic rings. The van der Waals surface area contributed by atoms with Gasteiger partial charge in [0.2, 0.25) is 0 Å². The first-order valence-corrected chi connectivity index (χ1v) is 8.78. The van der Waals surface area contributed by atoms with Gasteiger partial charge in [-0.15, -0.1) is 0 Å². The third-order valence-corrected chi connectivity index (χ3v) is 5.06. The van der Waals surface area contributed by atoms with E-state index >= 15 is 0 Å². The molecule has 27 heavy (non-hydrogen) atoms. The number of benzene rings is 1. The van der Waals surface area contributed by atoms with Crippen LogP contribution in [0.2, 0.25) is 0 Å². The summed E-state index contributed by atoms with van der Waals surface area (Å²) in [5.74, 6) is -0.374. The summed E-state index contributed by atoms with van der Waals surface area (Å²) in [5, 5.41) is 4.67. The van der Waals surface area contributed by atoms with Gasteiger partial charge < -0.3 is 9.64 Å². The molecule has 1 aliphatic rings. The molecular formula is C20H20N4O3. The van der Waals surface area contributed by atoms with Crippen molar-refractivity contribution in [2.75, 3.05) is 0 Å². The number of ether oxygens (including phenoxy) is 1. The van der Waals surface area contributed by atoms with Crippen LogP contribution in [0.1, 0.15) is 45.5 Å². The van der Waals surface area contributed by atoms with Crippen LogP contribution in [0.3, 0.4) is 0 Å².